The Kier molecular flexibility index (Phi) is 5.55. The monoisotopic (exact) mass is 402 g/mol. The molecule has 0 fully saturated rings. The van der Waals surface area contributed by atoms with Crippen molar-refractivity contribution in [3.8, 4) is 11.3 Å². The third-order valence-corrected chi connectivity index (χ3v) is 3.47. The van der Waals surface area contributed by atoms with E-state index in [1.165, 1.54) is 0 Å². The van der Waals surface area contributed by atoms with E-state index in [0.717, 1.165) is 16.9 Å². The quantitative estimate of drug-likeness (QED) is 0.569. The minimum absolute atomic E-state index is 0. The van der Waals surface area contributed by atoms with Gasteiger partial charge in [-0.1, -0.05) is 0 Å². The van der Waals surface area contributed by atoms with Gasteiger partial charge in [-0.05, 0) is 12.1 Å². The summed E-state index contributed by atoms with van der Waals surface area (Å²) in [6, 6.07) is 2.27. The Morgan fingerprint density at radius 1 is 1.19 bits per heavy atom. The van der Waals surface area contributed by atoms with E-state index in [2.05, 4.69) is 10.1 Å². The predicted octanol–water partition coefficient (Wildman–Crippen LogP) is 1.34. The van der Waals surface area contributed by atoms with Crippen molar-refractivity contribution in [3.05, 3.63) is 57.8 Å². The molecular formula is C15H10ClF3N4O4. The van der Waals surface area contributed by atoms with Gasteiger partial charge in [0, 0.05) is 11.6 Å². The minimum Gasteiger partial charge on any atom is -0.480 e. The summed E-state index contributed by atoms with van der Waals surface area (Å²) in [5.41, 5.74) is -1.76. The number of halogens is 4. The van der Waals surface area contributed by atoms with Crippen LogP contribution >= 0.6 is 12.4 Å². The Bertz CT molecular complexity index is 1090. The number of aliphatic carboxylic acids is 1. The lowest BCUT2D eigenvalue weighted by Gasteiger charge is -2.09. The Labute approximate surface area is 154 Å². The lowest BCUT2D eigenvalue weighted by Crippen LogP contribution is -2.33. The summed E-state index contributed by atoms with van der Waals surface area (Å²) >= 11 is 0. The Hall–Kier alpha value is -3.34. The SMILES string of the molecule is Cl.O=C(O)CNC(=O)c1c(=O)cc(-c2cc(F)c(F)c(F)c2)n2[nH]cnc12. The molecule has 0 radical (unpaired) electrons. The molecule has 0 aliphatic heterocycles. The number of carboxylic acid groups (broad SMARTS) is 1. The number of amides is 1. The smallest absolute Gasteiger partial charge is 0.322 e. The van der Waals surface area contributed by atoms with Gasteiger partial charge in [0.15, 0.2) is 28.5 Å². The molecule has 2 heterocycles. The maximum absolute atomic E-state index is 13.5. The molecule has 142 valence electrons. The fourth-order valence-electron chi connectivity index (χ4n) is 2.37. The number of nitrogens with one attached hydrogen (secondary N) is 2. The highest BCUT2D eigenvalue weighted by atomic mass is 35.5. The van der Waals surface area contributed by atoms with Crippen LogP contribution in [0.4, 0.5) is 13.2 Å². The first-order valence-corrected chi connectivity index (χ1v) is 7.03. The number of carboxylic acids is 1. The fraction of sp³-hybridized carbons (Fsp3) is 0.0667. The number of H-pyrrole nitrogens is 1. The third-order valence-electron chi connectivity index (χ3n) is 3.47. The molecule has 0 aliphatic carbocycles. The fourth-order valence-corrected chi connectivity index (χ4v) is 2.37. The van der Waals surface area contributed by atoms with Gasteiger partial charge < -0.3 is 10.4 Å². The average Bonchev–Trinajstić information content (AvgIpc) is 3.05. The number of aromatic nitrogens is 3. The minimum atomic E-state index is -1.66. The van der Waals surface area contributed by atoms with Crippen LogP contribution in [0.25, 0.3) is 16.9 Å². The molecule has 0 aliphatic rings. The van der Waals surface area contributed by atoms with Gasteiger partial charge in [-0.2, -0.15) is 0 Å². The average molecular weight is 403 g/mol. The van der Waals surface area contributed by atoms with Gasteiger partial charge in [-0.25, -0.2) is 22.7 Å². The predicted molar refractivity (Wildman–Crippen MR) is 88.3 cm³/mol. The maximum Gasteiger partial charge on any atom is 0.322 e. The summed E-state index contributed by atoms with van der Waals surface area (Å²) < 4.78 is 41.2. The van der Waals surface area contributed by atoms with Gasteiger partial charge in [-0.15, -0.1) is 12.4 Å². The first kappa shape index (κ1) is 20.0. The van der Waals surface area contributed by atoms with E-state index in [-0.39, 0.29) is 29.3 Å². The molecule has 1 amide bonds. The number of rotatable bonds is 4. The summed E-state index contributed by atoms with van der Waals surface area (Å²) in [5, 5.41) is 13.2. The standard InChI is InChI=1S/C15H9F3N4O4.ClH/c16-7-1-6(2-8(17)13(7)18)9-3-10(23)12(14-20-5-21-22(9)14)15(26)19-4-11(24)25;/h1-3,5H,4H2,(H,19,26)(H,20,21)(H,24,25);1H. The Balaban J connectivity index is 0.00000261. The number of hydrogen-bond acceptors (Lipinski definition) is 4. The first-order valence-electron chi connectivity index (χ1n) is 7.03. The van der Waals surface area contributed by atoms with Gasteiger partial charge in [0.05, 0.1) is 5.69 Å². The van der Waals surface area contributed by atoms with Gasteiger partial charge >= 0.3 is 5.97 Å². The molecule has 0 saturated carbocycles. The van der Waals surface area contributed by atoms with Crippen molar-refractivity contribution >= 4 is 29.9 Å². The molecule has 12 heteroatoms. The molecule has 0 saturated heterocycles. The number of carbonyl (C=O) groups excluding carboxylic acids is 1. The highest BCUT2D eigenvalue weighted by molar-refractivity contribution is 6.01. The second-order valence-corrected chi connectivity index (χ2v) is 5.15. The van der Waals surface area contributed by atoms with Crippen LogP contribution in [0, 0.1) is 17.5 Å². The van der Waals surface area contributed by atoms with Crippen LogP contribution in [-0.4, -0.2) is 38.1 Å². The van der Waals surface area contributed by atoms with Crippen molar-refractivity contribution < 1.29 is 27.9 Å². The number of carbonyl (C=O) groups is 2. The molecule has 8 nitrogen and oxygen atoms in total. The van der Waals surface area contributed by atoms with Crippen molar-refractivity contribution in [3.63, 3.8) is 0 Å². The van der Waals surface area contributed by atoms with Crippen LogP contribution in [0.1, 0.15) is 10.4 Å². The van der Waals surface area contributed by atoms with E-state index >= 15 is 0 Å². The highest BCUT2D eigenvalue weighted by Crippen LogP contribution is 2.23. The van der Waals surface area contributed by atoms with E-state index in [1.54, 1.807) is 0 Å². The highest BCUT2D eigenvalue weighted by Gasteiger charge is 2.21. The maximum atomic E-state index is 13.5. The molecule has 3 N–H and O–H groups in total. The normalized spacial score (nSPS) is 10.5. The lowest BCUT2D eigenvalue weighted by molar-refractivity contribution is -0.135. The molecule has 1 aromatic carbocycles. The Morgan fingerprint density at radius 3 is 2.41 bits per heavy atom. The van der Waals surface area contributed by atoms with E-state index in [1.807, 2.05) is 5.32 Å². The lowest BCUT2D eigenvalue weighted by atomic mass is 10.1. The Morgan fingerprint density at radius 2 is 1.81 bits per heavy atom. The van der Waals surface area contributed by atoms with Crippen LogP contribution < -0.4 is 10.7 Å². The van der Waals surface area contributed by atoms with Gasteiger partial charge in [0.1, 0.15) is 18.4 Å². The zero-order valence-corrected chi connectivity index (χ0v) is 13.9. The van der Waals surface area contributed by atoms with E-state index in [4.69, 9.17) is 5.11 Å². The van der Waals surface area contributed by atoms with E-state index in [9.17, 15) is 27.6 Å². The van der Waals surface area contributed by atoms with Crippen molar-refractivity contribution in [1.82, 2.24) is 19.9 Å². The van der Waals surface area contributed by atoms with Crippen LogP contribution in [0.3, 0.4) is 0 Å². The second-order valence-electron chi connectivity index (χ2n) is 5.15. The summed E-state index contributed by atoms with van der Waals surface area (Å²) in [4.78, 5) is 38.7. The first-order chi connectivity index (χ1) is 12.3. The van der Waals surface area contributed by atoms with Crippen LogP contribution in [0.15, 0.2) is 29.3 Å². The summed E-state index contributed by atoms with van der Waals surface area (Å²) in [7, 11) is 0. The molecule has 3 rings (SSSR count). The number of nitrogens with zero attached hydrogens (tertiary/aromatic N) is 2. The second kappa shape index (κ2) is 7.50. The molecule has 3 aromatic rings. The molecule has 0 spiro atoms. The summed E-state index contributed by atoms with van der Waals surface area (Å²) in [5.74, 6) is -6.87. The summed E-state index contributed by atoms with van der Waals surface area (Å²) in [6.45, 7) is -0.717. The molecule has 0 bridgehead atoms. The molecule has 27 heavy (non-hydrogen) atoms. The number of fused-ring (bicyclic) bond motifs is 1. The van der Waals surface area contributed by atoms with E-state index < -0.39 is 46.9 Å². The largest absolute Gasteiger partial charge is 0.480 e. The van der Waals surface area contributed by atoms with Gasteiger partial charge in [0.25, 0.3) is 5.91 Å². The summed E-state index contributed by atoms with van der Waals surface area (Å²) in [6.07, 6.45) is 1.11. The van der Waals surface area contributed by atoms with Gasteiger partial charge in [-0.3, -0.25) is 19.5 Å². The van der Waals surface area contributed by atoms with Crippen molar-refractivity contribution in [2.75, 3.05) is 6.54 Å². The molecule has 0 unspecified atom stereocenters. The van der Waals surface area contributed by atoms with Gasteiger partial charge in [0.2, 0.25) is 0 Å². The van der Waals surface area contributed by atoms with Crippen LogP contribution in [0.2, 0.25) is 0 Å². The zero-order valence-electron chi connectivity index (χ0n) is 13.1. The number of benzene rings is 1. The van der Waals surface area contributed by atoms with Crippen LogP contribution in [0.5, 0.6) is 0 Å². The topological polar surface area (TPSA) is 117 Å². The molecule has 0 atom stereocenters. The number of aromatic amines is 1. The van der Waals surface area contributed by atoms with Crippen molar-refractivity contribution in [2.45, 2.75) is 0 Å². The van der Waals surface area contributed by atoms with E-state index in [0.29, 0.717) is 12.1 Å². The third kappa shape index (κ3) is 3.62. The molecule has 2 aromatic heterocycles. The molecular weight excluding hydrogens is 393 g/mol. The van der Waals surface area contributed by atoms with Crippen LogP contribution in [-0.2, 0) is 4.79 Å². The number of pyridine rings is 1. The zero-order chi connectivity index (χ0) is 19.0. The van der Waals surface area contributed by atoms with Crippen molar-refractivity contribution in [1.29, 1.82) is 0 Å². The number of hydrogen-bond donors (Lipinski definition) is 3. The van der Waals surface area contributed by atoms with Crippen molar-refractivity contribution in [2.24, 2.45) is 0 Å².